The van der Waals surface area contributed by atoms with Gasteiger partial charge in [0.05, 0.1) is 18.7 Å². The molecule has 1 unspecified atom stereocenters. The smallest absolute Gasteiger partial charge is 0.434 e. The van der Waals surface area contributed by atoms with Crippen molar-refractivity contribution in [2.45, 2.75) is 75.1 Å². The van der Waals surface area contributed by atoms with Crippen LogP contribution in [0.4, 0.5) is 50.0 Å². The summed E-state index contributed by atoms with van der Waals surface area (Å²) in [5.74, 6) is -1.36. The molecule has 0 N–H and O–H groups in total. The third-order valence-corrected chi connectivity index (χ3v) is 8.09. The number of piperidine rings is 1. The molecule has 242 valence electrons. The fourth-order valence-electron chi connectivity index (χ4n) is 5.98. The molecule has 4 rings (SSSR count). The lowest BCUT2D eigenvalue weighted by Gasteiger charge is -2.45. The van der Waals surface area contributed by atoms with Crippen molar-refractivity contribution < 1.29 is 63.3 Å². The van der Waals surface area contributed by atoms with Crippen molar-refractivity contribution >= 4 is 18.3 Å². The van der Waals surface area contributed by atoms with Crippen molar-refractivity contribution in [1.29, 1.82) is 0 Å². The normalized spacial score (nSPS) is 23.6. The number of amides is 1. The van der Waals surface area contributed by atoms with Crippen molar-refractivity contribution in [1.82, 2.24) is 9.80 Å². The lowest BCUT2D eigenvalue weighted by atomic mass is 9.84. The van der Waals surface area contributed by atoms with E-state index >= 15 is 0 Å². The van der Waals surface area contributed by atoms with E-state index in [1.165, 1.54) is 6.92 Å². The fourth-order valence-corrected chi connectivity index (χ4v) is 5.98. The summed E-state index contributed by atoms with van der Waals surface area (Å²) in [6, 6.07) is 3.61. The highest BCUT2D eigenvalue weighted by atomic mass is 19.4. The van der Waals surface area contributed by atoms with E-state index in [1.807, 2.05) is 4.90 Å². The Morgan fingerprint density at radius 2 is 1.63 bits per heavy atom. The summed E-state index contributed by atoms with van der Waals surface area (Å²) in [7, 11) is 0. The second kappa shape index (κ2) is 11.9. The van der Waals surface area contributed by atoms with Crippen LogP contribution in [0.25, 0.3) is 0 Å². The molecule has 1 aromatic rings. The highest BCUT2D eigenvalue weighted by molar-refractivity contribution is 5.68. The molecule has 1 aromatic carbocycles. The molecular weight excluding hydrogens is 605 g/mol. The maximum absolute atomic E-state index is 13.9. The zero-order valence-corrected chi connectivity index (χ0v) is 22.9. The fraction of sp³-hybridized carbons (Fsp3) is 0.692. The van der Waals surface area contributed by atoms with Gasteiger partial charge < -0.3 is 24.0 Å². The van der Waals surface area contributed by atoms with Gasteiger partial charge in [-0.05, 0) is 56.0 Å². The maximum Gasteiger partial charge on any atom is 0.434 e. The van der Waals surface area contributed by atoms with Crippen LogP contribution in [0.15, 0.2) is 18.2 Å². The van der Waals surface area contributed by atoms with Gasteiger partial charge in [-0.3, -0.25) is 9.69 Å². The second-order valence-electron chi connectivity index (χ2n) is 11.1. The first-order valence-corrected chi connectivity index (χ1v) is 13.4. The molecule has 3 heterocycles. The highest BCUT2D eigenvalue weighted by Gasteiger charge is 2.60. The van der Waals surface area contributed by atoms with Crippen LogP contribution in [0.3, 0.4) is 0 Å². The molecule has 3 fully saturated rings. The third-order valence-electron chi connectivity index (χ3n) is 8.09. The van der Waals surface area contributed by atoms with Gasteiger partial charge >= 0.3 is 24.6 Å². The van der Waals surface area contributed by atoms with Crippen LogP contribution in [0.1, 0.15) is 43.7 Å². The Kier molecular flexibility index (Phi) is 9.09. The standard InChI is InChI=1S/C26H30F9N3O5/c1-22(42-16-39)15-37(9-10-41-22)19-12-17(11-18(13-19)24(27,28)29)14-38-6-2-3-23(38)4-7-36(8-5-23)21(40)43-20(25(30,31)32)26(33,34)35/h11-13,16,20H,2-10,14-15H2,1H3. The number of morpholine rings is 1. The predicted molar refractivity (Wildman–Crippen MR) is 131 cm³/mol. The van der Waals surface area contributed by atoms with Crippen molar-refractivity contribution in [2.75, 3.05) is 44.2 Å². The number of nitrogens with zero attached hydrogens (tertiary/aromatic N) is 3. The quantitative estimate of drug-likeness (QED) is 0.303. The minimum Gasteiger partial charge on any atom is -0.434 e. The summed E-state index contributed by atoms with van der Waals surface area (Å²) in [4.78, 5) is 27.5. The number of anilines is 1. The molecule has 17 heteroatoms. The third kappa shape index (κ3) is 7.59. The Labute approximate surface area is 240 Å². The maximum atomic E-state index is 13.9. The Morgan fingerprint density at radius 3 is 2.21 bits per heavy atom. The van der Waals surface area contributed by atoms with Crippen LogP contribution < -0.4 is 4.90 Å². The largest absolute Gasteiger partial charge is 0.434 e. The molecule has 0 saturated carbocycles. The van der Waals surface area contributed by atoms with Gasteiger partial charge in [0.15, 0.2) is 0 Å². The number of benzene rings is 1. The Hall–Kier alpha value is -2.95. The SMILES string of the molecule is CC1(OC=O)CN(c2cc(CN3CCCC34CCN(C(=O)OC(C(F)(F)F)C(F)(F)F)CC4)cc(C(F)(F)F)c2)CCO1. The summed E-state index contributed by atoms with van der Waals surface area (Å²) >= 11 is 0. The zero-order valence-electron chi connectivity index (χ0n) is 22.9. The molecule has 3 aliphatic heterocycles. The molecule has 1 amide bonds. The summed E-state index contributed by atoms with van der Waals surface area (Å²) in [5.41, 5.74) is -0.938. The number of carbonyl (C=O) groups is 2. The van der Waals surface area contributed by atoms with Gasteiger partial charge in [-0.1, -0.05) is 0 Å². The number of likely N-dealkylation sites (tertiary alicyclic amines) is 2. The van der Waals surface area contributed by atoms with E-state index in [4.69, 9.17) is 9.47 Å². The molecule has 3 saturated heterocycles. The molecule has 0 aliphatic carbocycles. The first-order valence-electron chi connectivity index (χ1n) is 13.4. The van der Waals surface area contributed by atoms with Crippen LogP contribution >= 0.6 is 0 Å². The zero-order chi connectivity index (χ0) is 31.8. The number of rotatable bonds is 6. The molecule has 0 radical (unpaired) electrons. The second-order valence-corrected chi connectivity index (χ2v) is 11.1. The lowest BCUT2D eigenvalue weighted by molar-refractivity contribution is -0.308. The lowest BCUT2D eigenvalue weighted by Crippen LogP contribution is -2.54. The first-order chi connectivity index (χ1) is 19.9. The molecule has 43 heavy (non-hydrogen) atoms. The monoisotopic (exact) mass is 635 g/mol. The van der Waals surface area contributed by atoms with Crippen molar-refractivity contribution in [3.05, 3.63) is 29.3 Å². The Balaban J connectivity index is 1.49. The van der Waals surface area contributed by atoms with E-state index in [0.29, 0.717) is 24.9 Å². The van der Waals surface area contributed by atoms with Gasteiger partial charge in [-0.25, -0.2) is 4.79 Å². The summed E-state index contributed by atoms with van der Waals surface area (Å²) in [6.07, 6.45) is -20.7. The first kappa shape index (κ1) is 33.0. The van der Waals surface area contributed by atoms with Crippen molar-refractivity contribution in [2.24, 2.45) is 0 Å². The van der Waals surface area contributed by atoms with Crippen molar-refractivity contribution in [3.63, 3.8) is 0 Å². The van der Waals surface area contributed by atoms with Crippen LogP contribution in [0.2, 0.25) is 0 Å². The van der Waals surface area contributed by atoms with Gasteiger partial charge in [0.2, 0.25) is 5.79 Å². The van der Waals surface area contributed by atoms with Crippen molar-refractivity contribution in [3.8, 4) is 0 Å². The minimum absolute atomic E-state index is 0.0182. The number of alkyl halides is 9. The topological polar surface area (TPSA) is 71.6 Å². The molecule has 1 atom stereocenters. The number of hydrogen-bond acceptors (Lipinski definition) is 7. The van der Waals surface area contributed by atoms with E-state index in [1.54, 1.807) is 11.0 Å². The number of hydrogen-bond donors (Lipinski definition) is 0. The van der Waals surface area contributed by atoms with Crippen LogP contribution in [-0.2, 0) is 31.7 Å². The molecule has 8 nitrogen and oxygen atoms in total. The van der Waals surface area contributed by atoms with Crippen LogP contribution in [0, 0.1) is 0 Å². The van der Waals surface area contributed by atoms with E-state index in [9.17, 15) is 49.1 Å². The summed E-state index contributed by atoms with van der Waals surface area (Å²) < 4.78 is 133. The van der Waals surface area contributed by atoms with Gasteiger partial charge in [-0.15, -0.1) is 0 Å². The van der Waals surface area contributed by atoms with Crippen LogP contribution in [-0.4, -0.2) is 91.5 Å². The Bertz CT molecular complexity index is 1150. The summed E-state index contributed by atoms with van der Waals surface area (Å²) in [6.45, 7) is 2.20. The predicted octanol–water partition coefficient (Wildman–Crippen LogP) is 5.49. The van der Waals surface area contributed by atoms with E-state index < -0.39 is 47.6 Å². The number of carbonyl (C=O) groups excluding carboxylic acids is 2. The van der Waals surface area contributed by atoms with E-state index in [-0.39, 0.29) is 64.3 Å². The molecule has 1 spiro atoms. The molecular formula is C26H30F9N3O5. The van der Waals surface area contributed by atoms with Gasteiger partial charge in [0.1, 0.15) is 0 Å². The highest BCUT2D eigenvalue weighted by Crippen LogP contribution is 2.42. The van der Waals surface area contributed by atoms with Gasteiger partial charge in [0.25, 0.3) is 12.6 Å². The molecule has 0 aromatic heterocycles. The van der Waals surface area contributed by atoms with Crippen LogP contribution in [0.5, 0.6) is 0 Å². The average molecular weight is 636 g/mol. The van der Waals surface area contributed by atoms with E-state index in [2.05, 4.69) is 4.74 Å². The summed E-state index contributed by atoms with van der Waals surface area (Å²) in [5, 5.41) is 0. The molecule has 3 aliphatic rings. The van der Waals surface area contributed by atoms with Gasteiger partial charge in [0, 0.05) is 44.3 Å². The number of halogens is 9. The van der Waals surface area contributed by atoms with E-state index in [0.717, 1.165) is 17.0 Å². The number of ether oxygens (including phenoxy) is 3. The Morgan fingerprint density at radius 1 is 0.977 bits per heavy atom. The molecule has 0 bridgehead atoms. The van der Waals surface area contributed by atoms with Gasteiger partial charge in [-0.2, -0.15) is 39.5 Å². The average Bonchev–Trinajstić information content (AvgIpc) is 3.26. The minimum atomic E-state index is -5.83.